The molecule has 0 saturated heterocycles. The summed E-state index contributed by atoms with van der Waals surface area (Å²) in [6.07, 6.45) is 0. The molecule has 0 aliphatic carbocycles. The van der Waals surface area contributed by atoms with E-state index in [2.05, 4.69) is 43.3 Å². The van der Waals surface area contributed by atoms with Crippen LogP contribution >= 0.6 is 0 Å². The molecule has 1 nitrogen and oxygen atoms in total. The fourth-order valence-electron chi connectivity index (χ4n) is 1.13. The van der Waals surface area contributed by atoms with Crippen molar-refractivity contribution in [2.45, 2.75) is 6.54 Å². The monoisotopic (exact) mass is 165 g/mol. The lowest BCUT2D eigenvalue weighted by atomic mass is 10.2. The van der Waals surface area contributed by atoms with Crippen molar-refractivity contribution in [2.75, 3.05) is 14.1 Å². The summed E-state index contributed by atoms with van der Waals surface area (Å²) in [6.45, 7) is 1.07. The highest BCUT2D eigenvalue weighted by Crippen LogP contribution is 1.96. The second kappa shape index (κ2) is 3.69. The Bertz CT molecular complexity index is 233. The summed E-state index contributed by atoms with van der Waals surface area (Å²) in [5.74, 6) is 0. The van der Waals surface area contributed by atoms with Crippen LogP contribution in [0.1, 0.15) is 5.56 Å². The molecule has 0 amide bonds. The molecular formula is C9H15NSi. The van der Waals surface area contributed by atoms with Gasteiger partial charge in [-0.15, -0.1) is 0 Å². The lowest BCUT2D eigenvalue weighted by Gasteiger charge is -2.11. The van der Waals surface area contributed by atoms with Crippen LogP contribution in [0.15, 0.2) is 24.3 Å². The Hall–Kier alpha value is -0.603. The van der Waals surface area contributed by atoms with Crippen molar-refractivity contribution in [2.24, 2.45) is 0 Å². The van der Waals surface area contributed by atoms with Crippen LogP contribution in [0.5, 0.6) is 0 Å². The molecule has 0 spiro atoms. The van der Waals surface area contributed by atoms with Gasteiger partial charge in [0, 0.05) is 16.8 Å². The van der Waals surface area contributed by atoms with Crippen molar-refractivity contribution in [1.29, 1.82) is 0 Å². The lowest BCUT2D eigenvalue weighted by Crippen LogP contribution is -2.18. The minimum Gasteiger partial charge on any atom is -0.305 e. The maximum atomic E-state index is 2.21. The van der Waals surface area contributed by atoms with Gasteiger partial charge in [0.15, 0.2) is 0 Å². The standard InChI is InChI=1S/C9H15NSi/c1-10(2)7-8-5-3-4-6-9(8)11/h3-6H,7H2,1-2,11H3. The fourth-order valence-corrected chi connectivity index (χ4v) is 1.65. The van der Waals surface area contributed by atoms with Crippen molar-refractivity contribution in [3.63, 3.8) is 0 Å². The van der Waals surface area contributed by atoms with Gasteiger partial charge in [-0.2, -0.15) is 0 Å². The molecular weight excluding hydrogens is 150 g/mol. The highest BCUT2D eigenvalue weighted by molar-refractivity contribution is 6.33. The first-order valence-electron chi connectivity index (χ1n) is 3.89. The van der Waals surface area contributed by atoms with E-state index in [4.69, 9.17) is 0 Å². The van der Waals surface area contributed by atoms with Crippen LogP contribution in [0.3, 0.4) is 0 Å². The predicted molar refractivity (Wildman–Crippen MR) is 53.4 cm³/mol. The van der Waals surface area contributed by atoms with E-state index in [1.807, 2.05) is 0 Å². The fraction of sp³-hybridized carbons (Fsp3) is 0.333. The van der Waals surface area contributed by atoms with E-state index in [1.165, 1.54) is 10.8 Å². The molecule has 60 valence electrons. The van der Waals surface area contributed by atoms with Gasteiger partial charge in [0.25, 0.3) is 0 Å². The van der Waals surface area contributed by atoms with Crippen molar-refractivity contribution in [1.82, 2.24) is 4.90 Å². The summed E-state index contributed by atoms with van der Waals surface area (Å²) >= 11 is 0. The average Bonchev–Trinajstić information content (AvgIpc) is 1.93. The van der Waals surface area contributed by atoms with Crippen LogP contribution in [0.25, 0.3) is 0 Å². The molecule has 1 aromatic rings. The predicted octanol–water partition coefficient (Wildman–Crippen LogP) is -0.261. The van der Waals surface area contributed by atoms with Crippen LogP contribution < -0.4 is 5.19 Å². The molecule has 2 heteroatoms. The smallest absolute Gasteiger partial charge is 0.0389 e. The Morgan fingerprint density at radius 1 is 1.27 bits per heavy atom. The number of nitrogens with zero attached hydrogens (tertiary/aromatic N) is 1. The second-order valence-corrected chi connectivity index (χ2v) is 4.24. The SMILES string of the molecule is CN(C)Cc1ccccc1[SiH3]. The molecule has 0 aliphatic heterocycles. The molecule has 0 aliphatic rings. The molecule has 0 heterocycles. The van der Waals surface area contributed by atoms with Gasteiger partial charge in [0.05, 0.1) is 0 Å². The van der Waals surface area contributed by atoms with Gasteiger partial charge in [-0.25, -0.2) is 0 Å². The Kier molecular flexibility index (Phi) is 2.85. The van der Waals surface area contributed by atoms with Gasteiger partial charge in [-0.3, -0.25) is 0 Å². The number of hydrogen-bond donors (Lipinski definition) is 0. The van der Waals surface area contributed by atoms with Crippen molar-refractivity contribution in [3.8, 4) is 0 Å². The zero-order valence-corrected chi connectivity index (χ0v) is 9.46. The molecule has 0 unspecified atom stereocenters. The number of hydrogen-bond acceptors (Lipinski definition) is 1. The zero-order valence-electron chi connectivity index (χ0n) is 7.46. The Balaban J connectivity index is 2.78. The normalized spacial score (nSPS) is 10.8. The zero-order chi connectivity index (χ0) is 8.27. The maximum Gasteiger partial charge on any atom is 0.0389 e. The molecule has 0 fully saturated rings. The molecule has 1 aromatic carbocycles. The minimum absolute atomic E-state index is 1.07. The summed E-state index contributed by atoms with van der Waals surface area (Å²) in [7, 11) is 5.36. The largest absolute Gasteiger partial charge is 0.305 e. The van der Waals surface area contributed by atoms with E-state index in [0.29, 0.717) is 0 Å². The van der Waals surface area contributed by atoms with Crippen LogP contribution in [0.4, 0.5) is 0 Å². The van der Waals surface area contributed by atoms with Crippen molar-refractivity contribution < 1.29 is 0 Å². The topological polar surface area (TPSA) is 3.24 Å². The summed E-state index contributed by atoms with van der Waals surface area (Å²) in [6, 6.07) is 8.65. The molecule has 11 heavy (non-hydrogen) atoms. The summed E-state index contributed by atoms with van der Waals surface area (Å²) in [5.41, 5.74) is 1.48. The molecule has 1 rings (SSSR count). The van der Waals surface area contributed by atoms with E-state index >= 15 is 0 Å². The van der Waals surface area contributed by atoms with Crippen molar-refractivity contribution >= 4 is 15.4 Å². The first-order chi connectivity index (χ1) is 5.20. The lowest BCUT2D eigenvalue weighted by molar-refractivity contribution is 0.403. The van der Waals surface area contributed by atoms with Gasteiger partial charge in [0.2, 0.25) is 0 Å². The van der Waals surface area contributed by atoms with Gasteiger partial charge >= 0.3 is 0 Å². The van der Waals surface area contributed by atoms with Crippen LogP contribution in [0.2, 0.25) is 0 Å². The van der Waals surface area contributed by atoms with Gasteiger partial charge < -0.3 is 4.90 Å². The van der Waals surface area contributed by atoms with Gasteiger partial charge in [-0.05, 0) is 19.7 Å². The van der Waals surface area contributed by atoms with Crippen LogP contribution in [-0.2, 0) is 6.54 Å². The quantitative estimate of drug-likeness (QED) is 0.546. The molecule has 0 saturated carbocycles. The third-order valence-electron chi connectivity index (χ3n) is 1.75. The Morgan fingerprint density at radius 2 is 1.91 bits per heavy atom. The van der Waals surface area contributed by atoms with E-state index in [-0.39, 0.29) is 0 Å². The Labute approximate surface area is 71.5 Å². The Morgan fingerprint density at radius 3 is 2.45 bits per heavy atom. The second-order valence-electron chi connectivity index (χ2n) is 3.16. The molecule has 0 N–H and O–H groups in total. The number of rotatable bonds is 2. The van der Waals surface area contributed by atoms with Gasteiger partial charge in [0.1, 0.15) is 0 Å². The minimum atomic E-state index is 1.07. The van der Waals surface area contributed by atoms with Crippen LogP contribution in [-0.4, -0.2) is 29.2 Å². The van der Waals surface area contributed by atoms with Crippen LogP contribution in [0, 0.1) is 0 Å². The molecule has 0 bridgehead atoms. The third kappa shape index (κ3) is 2.48. The summed E-state index contributed by atoms with van der Waals surface area (Å²) < 4.78 is 0. The van der Waals surface area contributed by atoms with Crippen molar-refractivity contribution in [3.05, 3.63) is 29.8 Å². The van der Waals surface area contributed by atoms with E-state index in [0.717, 1.165) is 16.8 Å². The average molecular weight is 165 g/mol. The maximum absolute atomic E-state index is 2.21. The first kappa shape index (κ1) is 8.49. The highest BCUT2D eigenvalue weighted by Gasteiger charge is 1.96. The van der Waals surface area contributed by atoms with E-state index in [9.17, 15) is 0 Å². The number of benzene rings is 1. The third-order valence-corrected chi connectivity index (χ3v) is 2.72. The first-order valence-corrected chi connectivity index (χ1v) is 4.89. The molecule has 0 radical (unpaired) electrons. The van der Waals surface area contributed by atoms with Gasteiger partial charge in [-0.1, -0.05) is 29.5 Å². The van der Waals surface area contributed by atoms with E-state index in [1.54, 1.807) is 0 Å². The van der Waals surface area contributed by atoms with E-state index < -0.39 is 0 Å². The summed E-state index contributed by atoms with van der Waals surface area (Å²) in [4.78, 5) is 2.21. The molecule has 0 atom stereocenters. The summed E-state index contributed by atoms with van der Waals surface area (Å²) in [5, 5.41) is 1.52. The molecule has 0 aromatic heterocycles. The highest BCUT2D eigenvalue weighted by atomic mass is 28.1.